The van der Waals surface area contributed by atoms with E-state index in [-0.39, 0.29) is 0 Å². The van der Waals surface area contributed by atoms with Crippen molar-refractivity contribution in [1.82, 2.24) is 5.32 Å². The van der Waals surface area contributed by atoms with Crippen LogP contribution in [0.5, 0.6) is 5.75 Å². The molecule has 2 N–H and O–H groups in total. The Labute approximate surface area is 99.4 Å². The maximum atomic E-state index is 11.8. The molecule has 1 rings (SSSR count). The van der Waals surface area contributed by atoms with Crippen LogP contribution in [0.2, 0.25) is 0 Å². The minimum Gasteiger partial charge on any atom is -0.496 e. The first-order chi connectivity index (χ1) is 7.95. The Kier molecular flexibility index (Phi) is 4.09. The number of hydrogen-bond donors (Lipinski definition) is 2. The highest BCUT2D eigenvalue weighted by Crippen LogP contribution is 2.19. The Morgan fingerprint density at radius 2 is 2.06 bits per heavy atom. The maximum absolute atomic E-state index is 11.8. The first kappa shape index (κ1) is 13.0. The van der Waals surface area contributed by atoms with Gasteiger partial charge in [-0.1, -0.05) is 11.6 Å². The van der Waals surface area contributed by atoms with E-state index in [4.69, 9.17) is 9.84 Å². The average molecular weight is 237 g/mol. The molecule has 0 saturated heterocycles. The molecule has 1 atom stereocenters. The van der Waals surface area contributed by atoms with Crippen LogP contribution < -0.4 is 10.1 Å². The minimum absolute atomic E-state index is 0.334. The van der Waals surface area contributed by atoms with Crippen LogP contribution in [0.15, 0.2) is 18.2 Å². The highest BCUT2D eigenvalue weighted by Gasteiger charge is 2.18. The Morgan fingerprint density at radius 1 is 1.41 bits per heavy atom. The number of aryl methyl sites for hydroxylation is 1. The van der Waals surface area contributed by atoms with Crippen LogP contribution in [0.25, 0.3) is 0 Å². The van der Waals surface area contributed by atoms with Gasteiger partial charge in [0.1, 0.15) is 11.8 Å². The standard InChI is InChI=1S/C12H15NO4/c1-7-4-5-10(17-3)9(6-7)11(14)13-8(2)12(15)16/h4-6,8H,1-3H3,(H,13,14)(H,15,16). The lowest BCUT2D eigenvalue weighted by Gasteiger charge is -2.12. The summed E-state index contributed by atoms with van der Waals surface area (Å²) in [5, 5.41) is 11.1. The van der Waals surface area contributed by atoms with Gasteiger partial charge in [-0.2, -0.15) is 0 Å². The number of aliphatic carboxylic acids is 1. The second-order valence-electron chi connectivity index (χ2n) is 3.74. The number of ether oxygens (including phenoxy) is 1. The van der Waals surface area contributed by atoms with Gasteiger partial charge in [-0.05, 0) is 26.0 Å². The summed E-state index contributed by atoms with van der Waals surface area (Å²) in [5.74, 6) is -1.11. The van der Waals surface area contributed by atoms with Gasteiger partial charge in [-0.25, -0.2) is 0 Å². The van der Waals surface area contributed by atoms with Gasteiger partial charge in [-0.3, -0.25) is 9.59 Å². The van der Waals surface area contributed by atoms with E-state index in [1.165, 1.54) is 14.0 Å². The number of amides is 1. The summed E-state index contributed by atoms with van der Waals surface area (Å²) in [6, 6.07) is 4.21. The topological polar surface area (TPSA) is 75.6 Å². The van der Waals surface area contributed by atoms with Crippen LogP contribution in [0.1, 0.15) is 22.8 Å². The van der Waals surface area contributed by atoms with E-state index in [2.05, 4.69) is 5.32 Å². The number of carbonyl (C=O) groups is 2. The predicted octanol–water partition coefficient (Wildman–Crippen LogP) is 1.21. The molecule has 0 saturated carbocycles. The zero-order valence-corrected chi connectivity index (χ0v) is 9.98. The molecule has 1 unspecified atom stereocenters. The largest absolute Gasteiger partial charge is 0.496 e. The number of carbonyl (C=O) groups excluding carboxylic acids is 1. The molecule has 0 aliphatic heterocycles. The van der Waals surface area contributed by atoms with Crippen LogP contribution >= 0.6 is 0 Å². The highest BCUT2D eigenvalue weighted by atomic mass is 16.5. The fraction of sp³-hybridized carbons (Fsp3) is 0.333. The summed E-state index contributed by atoms with van der Waals surface area (Å²) in [4.78, 5) is 22.5. The summed E-state index contributed by atoms with van der Waals surface area (Å²) >= 11 is 0. The zero-order valence-electron chi connectivity index (χ0n) is 9.98. The van der Waals surface area contributed by atoms with Crippen LogP contribution in [0, 0.1) is 6.92 Å². The maximum Gasteiger partial charge on any atom is 0.325 e. The Bertz CT molecular complexity index is 442. The number of nitrogens with one attached hydrogen (secondary N) is 1. The molecule has 0 spiro atoms. The van der Waals surface area contributed by atoms with Gasteiger partial charge >= 0.3 is 5.97 Å². The fourth-order valence-electron chi connectivity index (χ4n) is 1.34. The smallest absolute Gasteiger partial charge is 0.325 e. The second-order valence-corrected chi connectivity index (χ2v) is 3.74. The molecule has 1 aromatic carbocycles. The lowest BCUT2D eigenvalue weighted by Crippen LogP contribution is -2.38. The van der Waals surface area contributed by atoms with Crippen LogP contribution in [0.3, 0.4) is 0 Å². The van der Waals surface area contributed by atoms with Crippen LogP contribution in [0.4, 0.5) is 0 Å². The lowest BCUT2D eigenvalue weighted by atomic mass is 10.1. The van der Waals surface area contributed by atoms with Crippen molar-refractivity contribution >= 4 is 11.9 Å². The van der Waals surface area contributed by atoms with Crippen molar-refractivity contribution in [3.63, 3.8) is 0 Å². The SMILES string of the molecule is COc1ccc(C)cc1C(=O)NC(C)C(=O)O. The molecule has 0 heterocycles. The van der Waals surface area contributed by atoms with Gasteiger partial charge in [0, 0.05) is 0 Å². The molecule has 0 aromatic heterocycles. The Morgan fingerprint density at radius 3 is 2.59 bits per heavy atom. The van der Waals surface area contributed by atoms with Crippen molar-refractivity contribution in [2.75, 3.05) is 7.11 Å². The van der Waals surface area contributed by atoms with Crippen molar-refractivity contribution in [3.05, 3.63) is 29.3 Å². The van der Waals surface area contributed by atoms with Gasteiger partial charge in [0.15, 0.2) is 0 Å². The van der Waals surface area contributed by atoms with Gasteiger partial charge < -0.3 is 15.2 Å². The van der Waals surface area contributed by atoms with Crippen molar-refractivity contribution in [2.45, 2.75) is 19.9 Å². The van der Waals surface area contributed by atoms with Gasteiger partial charge in [0.2, 0.25) is 0 Å². The summed E-state index contributed by atoms with van der Waals surface area (Å²) in [6.07, 6.45) is 0. The Hall–Kier alpha value is -2.04. The van der Waals surface area contributed by atoms with E-state index in [0.29, 0.717) is 11.3 Å². The van der Waals surface area contributed by atoms with Crippen LogP contribution in [-0.2, 0) is 4.79 Å². The second kappa shape index (κ2) is 5.34. The van der Waals surface area contributed by atoms with E-state index in [9.17, 15) is 9.59 Å². The number of methoxy groups -OCH3 is 1. The molecule has 17 heavy (non-hydrogen) atoms. The van der Waals surface area contributed by atoms with Gasteiger partial charge in [0.25, 0.3) is 5.91 Å². The monoisotopic (exact) mass is 237 g/mol. The van der Waals surface area contributed by atoms with Crippen molar-refractivity contribution in [2.24, 2.45) is 0 Å². The zero-order chi connectivity index (χ0) is 13.0. The average Bonchev–Trinajstić information content (AvgIpc) is 2.28. The van der Waals surface area contributed by atoms with Crippen molar-refractivity contribution < 1.29 is 19.4 Å². The number of rotatable bonds is 4. The van der Waals surface area contributed by atoms with E-state index in [1.807, 2.05) is 13.0 Å². The first-order valence-corrected chi connectivity index (χ1v) is 5.14. The molecule has 1 aromatic rings. The molecule has 0 aliphatic rings. The summed E-state index contributed by atoms with van der Waals surface area (Å²) in [5.41, 5.74) is 1.24. The molecule has 0 radical (unpaired) electrons. The Balaban J connectivity index is 2.95. The molecular formula is C12H15NO4. The highest BCUT2D eigenvalue weighted by molar-refractivity contribution is 5.99. The third kappa shape index (κ3) is 3.21. The van der Waals surface area contributed by atoms with E-state index >= 15 is 0 Å². The molecule has 0 aliphatic carbocycles. The molecule has 0 fully saturated rings. The molecule has 5 heteroatoms. The third-order valence-electron chi connectivity index (χ3n) is 2.32. The summed E-state index contributed by atoms with van der Waals surface area (Å²) in [7, 11) is 1.46. The number of benzene rings is 1. The molecular weight excluding hydrogens is 222 g/mol. The predicted molar refractivity (Wildman–Crippen MR) is 62.3 cm³/mol. The van der Waals surface area contributed by atoms with E-state index < -0.39 is 17.9 Å². The quantitative estimate of drug-likeness (QED) is 0.825. The van der Waals surface area contributed by atoms with Gasteiger partial charge in [-0.15, -0.1) is 0 Å². The molecule has 0 bridgehead atoms. The van der Waals surface area contributed by atoms with E-state index in [1.54, 1.807) is 12.1 Å². The summed E-state index contributed by atoms with van der Waals surface area (Å²) < 4.78 is 5.06. The number of carboxylic acid groups (broad SMARTS) is 1. The van der Waals surface area contributed by atoms with Gasteiger partial charge in [0.05, 0.1) is 12.7 Å². The molecule has 92 valence electrons. The van der Waals surface area contributed by atoms with Crippen molar-refractivity contribution in [1.29, 1.82) is 0 Å². The molecule has 1 amide bonds. The first-order valence-electron chi connectivity index (χ1n) is 5.14. The summed E-state index contributed by atoms with van der Waals surface area (Å²) in [6.45, 7) is 3.25. The van der Waals surface area contributed by atoms with Crippen LogP contribution in [-0.4, -0.2) is 30.1 Å². The van der Waals surface area contributed by atoms with Crippen molar-refractivity contribution in [3.8, 4) is 5.75 Å². The normalized spacial score (nSPS) is 11.7. The fourth-order valence-corrected chi connectivity index (χ4v) is 1.34. The third-order valence-corrected chi connectivity index (χ3v) is 2.32. The molecule has 5 nitrogen and oxygen atoms in total. The minimum atomic E-state index is -1.08. The van der Waals surface area contributed by atoms with E-state index in [0.717, 1.165) is 5.56 Å². The number of hydrogen-bond acceptors (Lipinski definition) is 3. The number of carboxylic acids is 1. The lowest BCUT2D eigenvalue weighted by molar-refractivity contribution is -0.138.